The molecule has 7 nitrogen and oxygen atoms in total. The van der Waals surface area contributed by atoms with Gasteiger partial charge in [0.2, 0.25) is 5.89 Å². The molecule has 0 N–H and O–H groups in total. The van der Waals surface area contributed by atoms with E-state index >= 15 is 0 Å². The number of fused-ring (bicyclic) bond motifs is 1. The van der Waals surface area contributed by atoms with E-state index in [2.05, 4.69) is 14.8 Å². The van der Waals surface area contributed by atoms with Gasteiger partial charge < -0.3 is 18.5 Å². The van der Waals surface area contributed by atoms with Gasteiger partial charge in [-0.05, 0) is 51.1 Å². The highest BCUT2D eigenvalue weighted by atomic mass is 32.2. The van der Waals surface area contributed by atoms with E-state index < -0.39 is 0 Å². The third-order valence-electron chi connectivity index (χ3n) is 5.83. The Kier molecular flexibility index (Phi) is 6.15. The Balaban J connectivity index is 1.24. The molecule has 0 saturated carbocycles. The van der Waals surface area contributed by atoms with Crippen LogP contribution < -0.4 is 9.47 Å². The van der Waals surface area contributed by atoms with Gasteiger partial charge in [0.15, 0.2) is 23.4 Å². The molecule has 34 heavy (non-hydrogen) atoms. The monoisotopic (exact) mass is 475 g/mol. The fourth-order valence-electron chi connectivity index (χ4n) is 4.09. The van der Waals surface area contributed by atoms with E-state index in [1.165, 1.54) is 11.8 Å². The molecular weight excluding hydrogens is 450 g/mol. The van der Waals surface area contributed by atoms with Crippen LogP contribution in [0.3, 0.4) is 0 Å². The maximum absolute atomic E-state index is 13.0. The van der Waals surface area contributed by atoms with E-state index in [1.807, 2.05) is 75.4 Å². The molecule has 0 spiro atoms. The average molecular weight is 476 g/mol. The Bertz CT molecular complexity index is 1340. The van der Waals surface area contributed by atoms with Crippen molar-refractivity contribution in [2.24, 2.45) is 0 Å². The van der Waals surface area contributed by atoms with Crippen LogP contribution in [0.4, 0.5) is 0 Å². The fourth-order valence-corrected chi connectivity index (χ4v) is 4.74. The molecule has 2 aromatic carbocycles. The van der Waals surface area contributed by atoms with Crippen molar-refractivity contribution in [3.05, 3.63) is 77.1 Å². The molecule has 5 rings (SSSR count). The van der Waals surface area contributed by atoms with Crippen LogP contribution in [-0.4, -0.2) is 39.0 Å². The van der Waals surface area contributed by atoms with Gasteiger partial charge in [0, 0.05) is 22.5 Å². The molecule has 1 aliphatic heterocycles. The van der Waals surface area contributed by atoms with Crippen molar-refractivity contribution in [2.45, 2.75) is 38.6 Å². The quantitative estimate of drug-likeness (QED) is 0.266. The van der Waals surface area contributed by atoms with E-state index in [9.17, 15) is 4.79 Å². The minimum atomic E-state index is -0.129. The van der Waals surface area contributed by atoms with Gasteiger partial charge in [-0.25, -0.2) is 0 Å². The van der Waals surface area contributed by atoms with Gasteiger partial charge in [-0.2, -0.15) is 0 Å². The van der Waals surface area contributed by atoms with E-state index in [0.717, 1.165) is 34.0 Å². The first-order valence-corrected chi connectivity index (χ1v) is 12.1. The number of carbonyl (C=O) groups is 1. The van der Waals surface area contributed by atoms with Gasteiger partial charge in [0.05, 0.1) is 12.3 Å². The van der Waals surface area contributed by atoms with Crippen LogP contribution in [0.25, 0.3) is 11.5 Å². The molecule has 8 heteroatoms. The van der Waals surface area contributed by atoms with E-state index in [1.54, 1.807) is 0 Å². The van der Waals surface area contributed by atoms with Crippen molar-refractivity contribution in [1.82, 2.24) is 14.8 Å². The van der Waals surface area contributed by atoms with Crippen LogP contribution in [0.5, 0.6) is 11.5 Å². The second kappa shape index (κ2) is 9.38. The molecule has 0 radical (unpaired) electrons. The van der Waals surface area contributed by atoms with Gasteiger partial charge in [-0.3, -0.25) is 4.79 Å². The van der Waals surface area contributed by atoms with E-state index in [4.69, 9.17) is 13.9 Å². The van der Waals surface area contributed by atoms with Crippen LogP contribution in [0.2, 0.25) is 0 Å². The number of thioether (sulfide) groups is 1. The molecule has 0 amide bonds. The summed E-state index contributed by atoms with van der Waals surface area (Å²) in [4.78, 5) is 13.0. The molecule has 1 atom stereocenters. The number of carbonyl (C=O) groups excluding carboxylic acids is 1. The van der Waals surface area contributed by atoms with Gasteiger partial charge in [-0.15, -0.1) is 10.2 Å². The van der Waals surface area contributed by atoms with Gasteiger partial charge >= 0.3 is 0 Å². The average Bonchev–Trinajstić information content (AvgIpc) is 3.43. The molecule has 4 aromatic rings. The third-order valence-corrected chi connectivity index (χ3v) is 6.64. The molecule has 2 aromatic heterocycles. The summed E-state index contributed by atoms with van der Waals surface area (Å²) in [6, 6.07) is 17.5. The number of ketones is 1. The van der Waals surface area contributed by atoms with Crippen molar-refractivity contribution in [2.75, 3.05) is 12.4 Å². The second-order valence-electron chi connectivity index (χ2n) is 8.35. The molecule has 0 fully saturated rings. The number of aromatic nitrogens is 3. The standard InChI is InChI=1S/C26H25N3O4S/c1-16-7-6-8-19(11-16)25-27-28-26(33-25)34-15-22(30)21-12-17(2)29(18(21)3)13-20-14-31-23-9-4-5-10-24(23)32-20/h4-12,20H,13-15H2,1-3H3. The first kappa shape index (κ1) is 22.3. The molecule has 0 aliphatic carbocycles. The Hall–Kier alpha value is -3.52. The summed E-state index contributed by atoms with van der Waals surface area (Å²) >= 11 is 1.25. The van der Waals surface area contributed by atoms with Crippen molar-refractivity contribution < 1.29 is 18.7 Å². The number of ether oxygens (including phenoxy) is 2. The first-order valence-electron chi connectivity index (χ1n) is 11.1. The summed E-state index contributed by atoms with van der Waals surface area (Å²) in [5.74, 6) is 2.20. The Morgan fingerprint density at radius 1 is 1.06 bits per heavy atom. The lowest BCUT2D eigenvalue weighted by molar-refractivity contribution is 0.0777. The zero-order chi connectivity index (χ0) is 23.7. The highest BCUT2D eigenvalue weighted by Crippen LogP contribution is 2.32. The van der Waals surface area contributed by atoms with Gasteiger partial charge in [0.1, 0.15) is 6.61 Å². The molecular formula is C26H25N3O4S. The van der Waals surface area contributed by atoms with Gasteiger partial charge in [-0.1, -0.05) is 41.6 Å². The zero-order valence-corrected chi connectivity index (χ0v) is 20.1. The summed E-state index contributed by atoms with van der Waals surface area (Å²) in [5, 5.41) is 8.58. The third kappa shape index (κ3) is 4.59. The number of aryl methyl sites for hydroxylation is 2. The van der Waals surface area contributed by atoms with Crippen LogP contribution in [0.15, 0.2) is 64.2 Å². The predicted octanol–water partition coefficient (Wildman–Crippen LogP) is 5.28. The smallest absolute Gasteiger partial charge is 0.277 e. The maximum Gasteiger partial charge on any atom is 0.277 e. The number of hydrogen-bond donors (Lipinski definition) is 0. The summed E-state index contributed by atoms with van der Waals surface area (Å²) in [5.41, 5.74) is 4.60. The highest BCUT2D eigenvalue weighted by Gasteiger charge is 2.24. The minimum Gasteiger partial charge on any atom is -0.486 e. The number of Topliss-reactive ketones (excluding diaryl/α,β-unsaturated/α-hetero) is 1. The summed E-state index contributed by atoms with van der Waals surface area (Å²) in [7, 11) is 0. The van der Waals surface area contributed by atoms with Crippen molar-refractivity contribution >= 4 is 17.5 Å². The predicted molar refractivity (Wildman–Crippen MR) is 130 cm³/mol. The number of para-hydroxylation sites is 2. The van der Waals surface area contributed by atoms with Crippen LogP contribution in [0.1, 0.15) is 27.3 Å². The van der Waals surface area contributed by atoms with Crippen LogP contribution >= 0.6 is 11.8 Å². The summed E-state index contributed by atoms with van der Waals surface area (Å²) < 4.78 is 19.8. The van der Waals surface area contributed by atoms with Gasteiger partial charge in [0.25, 0.3) is 5.22 Å². The first-order chi connectivity index (χ1) is 16.5. The number of benzene rings is 2. The Labute approximate surface area is 202 Å². The van der Waals surface area contributed by atoms with Crippen molar-refractivity contribution in [3.63, 3.8) is 0 Å². The van der Waals surface area contributed by atoms with Crippen LogP contribution in [0, 0.1) is 20.8 Å². The lowest BCUT2D eigenvalue weighted by Gasteiger charge is -2.27. The zero-order valence-electron chi connectivity index (χ0n) is 19.3. The molecule has 1 unspecified atom stereocenters. The molecule has 0 saturated heterocycles. The largest absolute Gasteiger partial charge is 0.486 e. The number of rotatable bonds is 7. The SMILES string of the molecule is Cc1cccc(-c2nnc(SCC(=O)c3cc(C)n(CC4COc5ccccc5O4)c3C)o2)c1. The Morgan fingerprint density at radius 2 is 1.88 bits per heavy atom. The number of nitrogens with zero attached hydrogens (tertiary/aromatic N) is 3. The maximum atomic E-state index is 13.0. The Morgan fingerprint density at radius 3 is 2.71 bits per heavy atom. The summed E-state index contributed by atoms with van der Waals surface area (Å²) in [6.45, 7) is 7.05. The fraction of sp³-hybridized carbons (Fsp3) is 0.269. The van der Waals surface area contributed by atoms with E-state index in [-0.39, 0.29) is 17.6 Å². The second-order valence-corrected chi connectivity index (χ2v) is 9.27. The molecule has 174 valence electrons. The molecule has 1 aliphatic rings. The number of hydrogen-bond acceptors (Lipinski definition) is 7. The van der Waals surface area contributed by atoms with Crippen molar-refractivity contribution in [1.29, 1.82) is 0 Å². The highest BCUT2D eigenvalue weighted by molar-refractivity contribution is 7.99. The topological polar surface area (TPSA) is 79.4 Å². The van der Waals surface area contributed by atoms with Crippen molar-refractivity contribution in [3.8, 4) is 23.0 Å². The lowest BCUT2D eigenvalue weighted by Crippen LogP contribution is -2.33. The molecule has 3 heterocycles. The minimum absolute atomic E-state index is 0.0193. The molecule has 0 bridgehead atoms. The van der Waals surface area contributed by atoms with E-state index in [0.29, 0.717) is 29.8 Å². The normalized spacial score (nSPS) is 14.9. The van der Waals surface area contributed by atoms with Crippen LogP contribution in [-0.2, 0) is 6.54 Å². The summed E-state index contributed by atoms with van der Waals surface area (Å²) in [6.07, 6.45) is -0.129. The lowest BCUT2D eigenvalue weighted by atomic mass is 10.1.